The lowest BCUT2D eigenvalue weighted by Gasteiger charge is -2.32. The number of fused-ring (bicyclic) bond motifs is 3. The molecule has 0 amide bonds. The Hall–Kier alpha value is -2.14. The fourth-order valence-electron chi connectivity index (χ4n) is 3.26. The van der Waals surface area contributed by atoms with Crippen LogP contribution in [0.1, 0.15) is 6.92 Å². The number of quaternary nitrogens is 1. The van der Waals surface area contributed by atoms with Crippen LogP contribution in [0.5, 0.6) is 0 Å². The van der Waals surface area contributed by atoms with Gasteiger partial charge in [-0.05, 0) is 13.0 Å². The van der Waals surface area contributed by atoms with Crippen LogP contribution in [0.15, 0.2) is 30.6 Å². The predicted molar refractivity (Wildman–Crippen MR) is 84.8 cm³/mol. The van der Waals surface area contributed by atoms with E-state index in [4.69, 9.17) is 0 Å². The molecule has 0 bridgehead atoms. The van der Waals surface area contributed by atoms with E-state index in [1.54, 1.807) is 11.2 Å². The van der Waals surface area contributed by atoms with Crippen molar-refractivity contribution in [3.8, 4) is 0 Å². The maximum absolute atomic E-state index is 4.55. The van der Waals surface area contributed by atoms with Gasteiger partial charge < -0.3 is 14.8 Å². The predicted octanol–water partition coefficient (Wildman–Crippen LogP) is 0.836. The molecule has 21 heavy (non-hydrogen) atoms. The molecule has 1 aliphatic rings. The summed E-state index contributed by atoms with van der Waals surface area (Å²) in [6.45, 7) is 7.95. The van der Waals surface area contributed by atoms with Gasteiger partial charge in [0, 0.05) is 10.9 Å². The molecule has 3 aromatic rings. The van der Waals surface area contributed by atoms with Crippen LogP contribution in [-0.2, 0) is 0 Å². The van der Waals surface area contributed by atoms with Gasteiger partial charge in [0.25, 0.3) is 0 Å². The average Bonchev–Trinajstić information content (AvgIpc) is 2.94. The Morgan fingerprint density at radius 2 is 2.00 bits per heavy atom. The van der Waals surface area contributed by atoms with E-state index in [1.165, 1.54) is 25.0 Å². The number of nitrogens with zero attached hydrogens (tertiary/aromatic N) is 3. The van der Waals surface area contributed by atoms with Gasteiger partial charge in [-0.15, -0.1) is 0 Å². The van der Waals surface area contributed by atoms with Gasteiger partial charge in [0.1, 0.15) is 17.4 Å². The number of hydrogen-bond donors (Lipinski definition) is 2. The van der Waals surface area contributed by atoms with E-state index in [2.05, 4.69) is 45.0 Å². The largest absolute Gasteiger partial charge is 0.350 e. The summed E-state index contributed by atoms with van der Waals surface area (Å²) in [7, 11) is 0. The summed E-state index contributed by atoms with van der Waals surface area (Å²) in [4.78, 5) is 16.6. The van der Waals surface area contributed by atoms with Crippen LogP contribution in [0.3, 0.4) is 0 Å². The SMILES string of the molecule is CC[NH+]1CCN(c2ncnc3c2[nH]c2ccccc23)CC1. The first kappa shape index (κ1) is 12.6. The number of nitrogens with one attached hydrogen (secondary N) is 2. The molecule has 4 rings (SSSR count). The van der Waals surface area contributed by atoms with E-state index in [-0.39, 0.29) is 0 Å². The first-order valence-corrected chi connectivity index (χ1v) is 7.66. The van der Waals surface area contributed by atoms with Crippen LogP contribution in [0.25, 0.3) is 21.9 Å². The van der Waals surface area contributed by atoms with Gasteiger partial charge in [-0.25, -0.2) is 9.97 Å². The van der Waals surface area contributed by atoms with Crippen molar-refractivity contribution in [3.05, 3.63) is 30.6 Å². The molecule has 0 atom stereocenters. The highest BCUT2D eigenvalue weighted by Gasteiger charge is 2.22. The Morgan fingerprint density at radius 1 is 1.19 bits per heavy atom. The molecular formula is C16H20N5+. The van der Waals surface area contributed by atoms with Gasteiger partial charge in [-0.2, -0.15) is 0 Å². The van der Waals surface area contributed by atoms with E-state index in [0.717, 1.165) is 35.5 Å². The molecule has 5 nitrogen and oxygen atoms in total. The zero-order chi connectivity index (χ0) is 14.2. The molecule has 5 heteroatoms. The Bertz CT molecular complexity index is 771. The quantitative estimate of drug-likeness (QED) is 0.732. The lowest BCUT2D eigenvalue weighted by atomic mass is 10.2. The van der Waals surface area contributed by atoms with Crippen molar-refractivity contribution < 1.29 is 4.90 Å². The summed E-state index contributed by atoms with van der Waals surface area (Å²) < 4.78 is 0. The van der Waals surface area contributed by atoms with Gasteiger partial charge in [-0.3, -0.25) is 0 Å². The minimum absolute atomic E-state index is 1.03. The third kappa shape index (κ3) is 2.05. The molecule has 108 valence electrons. The summed E-state index contributed by atoms with van der Waals surface area (Å²) >= 11 is 0. The molecule has 0 saturated carbocycles. The number of piperazine rings is 1. The lowest BCUT2D eigenvalue weighted by Crippen LogP contribution is -3.14. The summed E-state index contributed by atoms with van der Waals surface area (Å²) in [6.07, 6.45) is 1.69. The highest BCUT2D eigenvalue weighted by molar-refractivity contribution is 6.08. The minimum Gasteiger partial charge on any atom is -0.350 e. The van der Waals surface area contributed by atoms with E-state index in [0.29, 0.717) is 0 Å². The maximum Gasteiger partial charge on any atom is 0.156 e. The number of aromatic nitrogens is 3. The van der Waals surface area contributed by atoms with E-state index < -0.39 is 0 Å². The van der Waals surface area contributed by atoms with Crippen molar-refractivity contribution in [2.75, 3.05) is 37.6 Å². The highest BCUT2D eigenvalue weighted by atomic mass is 15.3. The van der Waals surface area contributed by atoms with Crippen molar-refractivity contribution in [1.29, 1.82) is 0 Å². The van der Waals surface area contributed by atoms with Crippen LogP contribution in [-0.4, -0.2) is 47.7 Å². The summed E-state index contributed by atoms with van der Waals surface area (Å²) in [5.41, 5.74) is 3.23. The molecule has 0 unspecified atom stereocenters. The molecule has 0 radical (unpaired) electrons. The summed E-state index contributed by atoms with van der Waals surface area (Å²) in [6, 6.07) is 8.32. The number of hydrogen-bond acceptors (Lipinski definition) is 3. The number of benzene rings is 1. The molecular weight excluding hydrogens is 262 g/mol. The van der Waals surface area contributed by atoms with Crippen molar-refractivity contribution in [2.45, 2.75) is 6.92 Å². The van der Waals surface area contributed by atoms with Crippen LogP contribution in [0.2, 0.25) is 0 Å². The van der Waals surface area contributed by atoms with Crippen LogP contribution < -0.4 is 9.80 Å². The standard InChI is InChI=1S/C16H19N5/c1-2-20-7-9-21(10-8-20)16-15-14(17-11-18-16)12-5-3-4-6-13(12)19-15/h3-6,11,19H,2,7-10H2,1H3/p+1. The molecule has 1 fully saturated rings. The highest BCUT2D eigenvalue weighted by Crippen LogP contribution is 2.28. The Balaban J connectivity index is 1.79. The van der Waals surface area contributed by atoms with Crippen molar-refractivity contribution in [3.63, 3.8) is 0 Å². The molecule has 1 aromatic carbocycles. The number of likely N-dealkylation sites (N-methyl/N-ethyl adjacent to an activating group) is 1. The number of rotatable bonds is 2. The van der Waals surface area contributed by atoms with E-state index in [1.807, 2.05) is 6.07 Å². The smallest absolute Gasteiger partial charge is 0.156 e. The zero-order valence-electron chi connectivity index (χ0n) is 12.3. The van der Waals surface area contributed by atoms with E-state index in [9.17, 15) is 0 Å². The monoisotopic (exact) mass is 282 g/mol. The minimum atomic E-state index is 1.03. The fraction of sp³-hybridized carbons (Fsp3) is 0.375. The molecule has 0 aliphatic carbocycles. The van der Waals surface area contributed by atoms with Crippen LogP contribution in [0.4, 0.5) is 5.82 Å². The second-order valence-corrected chi connectivity index (χ2v) is 5.68. The molecule has 3 heterocycles. The van der Waals surface area contributed by atoms with Crippen molar-refractivity contribution in [2.24, 2.45) is 0 Å². The molecule has 2 aromatic heterocycles. The van der Waals surface area contributed by atoms with Crippen LogP contribution in [0, 0.1) is 0 Å². The first-order chi connectivity index (χ1) is 10.4. The number of anilines is 1. The second kappa shape index (κ2) is 5.00. The fourth-order valence-corrected chi connectivity index (χ4v) is 3.26. The Morgan fingerprint density at radius 3 is 2.81 bits per heavy atom. The average molecular weight is 282 g/mol. The van der Waals surface area contributed by atoms with Gasteiger partial charge in [0.05, 0.1) is 32.7 Å². The second-order valence-electron chi connectivity index (χ2n) is 5.68. The lowest BCUT2D eigenvalue weighted by molar-refractivity contribution is -0.898. The summed E-state index contributed by atoms with van der Waals surface area (Å²) in [5.74, 6) is 1.05. The third-order valence-electron chi connectivity index (χ3n) is 4.54. The van der Waals surface area contributed by atoms with E-state index >= 15 is 0 Å². The maximum atomic E-state index is 4.55. The van der Waals surface area contributed by atoms with Gasteiger partial charge in [0.2, 0.25) is 0 Å². The normalized spacial score (nSPS) is 16.9. The zero-order valence-corrected chi connectivity index (χ0v) is 12.3. The van der Waals surface area contributed by atoms with Crippen LogP contribution >= 0.6 is 0 Å². The molecule has 1 saturated heterocycles. The first-order valence-electron chi connectivity index (χ1n) is 7.66. The molecule has 0 spiro atoms. The number of para-hydroxylation sites is 1. The van der Waals surface area contributed by atoms with Crippen molar-refractivity contribution in [1.82, 2.24) is 15.0 Å². The summed E-state index contributed by atoms with van der Waals surface area (Å²) in [5, 5.41) is 1.17. The van der Waals surface area contributed by atoms with Gasteiger partial charge >= 0.3 is 0 Å². The number of H-pyrrole nitrogens is 1. The van der Waals surface area contributed by atoms with Gasteiger partial charge in [0.15, 0.2) is 5.82 Å². The molecule has 1 aliphatic heterocycles. The van der Waals surface area contributed by atoms with Gasteiger partial charge in [-0.1, -0.05) is 18.2 Å². The topological polar surface area (TPSA) is 49.2 Å². The van der Waals surface area contributed by atoms with Crippen molar-refractivity contribution >= 4 is 27.8 Å². The number of aromatic amines is 1. The molecule has 2 N–H and O–H groups in total. The third-order valence-corrected chi connectivity index (χ3v) is 4.54. The Kier molecular flexibility index (Phi) is 3.00. The Labute approximate surface area is 123 Å².